The fraction of sp³-hybridized carbons (Fsp3) is 0.857. The molecule has 0 heterocycles. The first-order valence-corrected chi connectivity index (χ1v) is 5.59. The molecule has 0 radical (unpaired) electrons. The second kappa shape index (κ2) is 4.75. The lowest BCUT2D eigenvalue weighted by Crippen LogP contribution is -2.53. The molecule has 0 saturated carbocycles. The topological polar surface area (TPSA) is 60.4 Å². The second-order valence-corrected chi connectivity index (χ2v) is 4.96. The first-order valence-electron chi connectivity index (χ1n) is 4.21. The van der Waals surface area contributed by atoms with Crippen LogP contribution in [0.15, 0.2) is 0 Å². The van der Waals surface area contributed by atoms with Crippen LogP contribution in [0.5, 0.6) is 0 Å². The number of alkyl halides is 4. The smallest absolute Gasteiger partial charge is 0.451 e. The highest BCUT2D eigenvalue weighted by Gasteiger charge is 2.73. The predicted octanol–water partition coefficient (Wildman–Crippen LogP) is 1.71. The van der Waals surface area contributed by atoms with Crippen LogP contribution in [0.2, 0.25) is 0 Å². The number of hydrogen-bond donors (Lipinski definition) is 0. The minimum Gasteiger partial charge on any atom is -0.462 e. The molecular formula is C7H9F5O4S. The van der Waals surface area contributed by atoms with Crippen molar-refractivity contribution in [2.75, 3.05) is 6.61 Å². The molecule has 0 amide bonds. The van der Waals surface area contributed by atoms with Crippen LogP contribution in [-0.4, -0.2) is 32.2 Å². The molecule has 0 spiro atoms. The lowest BCUT2D eigenvalue weighted by molar-refractivity contribution is -0.215. The Morgan fingerprint density at radius 1 is 1.24 bits per heavy atom. The Labute approximate surface area is 94.0 Å². The van der Waals surface area contributed by atoms with Gasteiger partial charge in [-0.2, -0.15) is 21.6 Å². The molecule has 0 rings (SSSR count). The number of carbonyl (C=O) groups is 1. The molecule has 0 N–H and O–H groups in total. The number of ether oxygens (including phenoxy) is 1. The summed E-state index contributed by atoms with van der Waals surface area (Å²) in [7, 11) is -6.84. The fourth-order valence-corrected chi connectivity index (χ4v) is 1.22. The third-order valence-electron chi connectivity index (χ3n) is 1.51. The number of rotatable bonds is 4. The van der Waals surface area contributed by atoms with Gasteiger partial charge in [-0.15, -0.1) is 3.89 Å². The molecule has 4 nitrogen and oxygen atoms in total. The molecule has 10 heteroatoms. The SMILES string of the molecule is CC(C)COC(=O)[C@@](F)(C(F)(F)F)S(=O)(=O)F. The summed E-state index contributed by atoms with van der Waals surface area (Å²) in [5, 5.41) is -5.69. The summed E-state index contributed by atoms with van der Waals surface area (Å²) in [5.41, 5.74) is 0. The van der Waals surface area contributed by atoms with E-state index in [-0.39, 0.29) is 0 Å². The van der Waals surface area contributed by atoms with Gasteiger partial charge in [-0.3, -0.25) is 0 Å². The van der Waals surface area contributed by atoms with E-state index in [1.54, 1.807) is 0 Å². The van der Waals surface area contributed by atoms with E-state index in [2.05, 4.69) is 4.74 Å². The first-order chi connectivity index (χ1) is 7.34. The van der Waals surface area contributed by atoms with Crippen LogP contribution < -0.4 is 0 Å². The zero-order valence-corrected chi connectivity index (χ0v) is 9.53. The minimum atomic E-state index is -6.84. The van der Waals surface area contributed by atoms with E-state index in [0.29, 0.717) is 0 Å². The highest BCUT2D eigenvalue weighted by molar-refractivity contribution is 7.88. The maximum Gasteiger partial charge on any atom is 0.451 e. The van der Waals surface area contributed by atoms with Crippen LogP contribution in [0.25, 0.3) is 0 Å². The maximum atomic E-state index is 13.1. The van der Waals surface area contributed by atoms with Crippen molar-refractivity contribution in [3.63, 3.8) is 0 Å². The maximum absolute atomic E-state index is 13.1. The zero-order valence-electron chi connectivity index (χ0n) is 8.72. The van der Waals surface area contributed by atoms with Crippen molar-refractivity contribution in [3.8, 4) is 0 Å². The van der Waals surface area contributed by atoms with E-state index in [4.69, 9.17) is 0 Å². The van der Waals surface area contributed by atoms with E-state index in [1.807, 2.05) is 0 Å². The Morgan fingerprint density at radius 2 is 1.65 bits per heavy atom. The van der Waals surface area contributed by atoms with Crippen LogP contribution in [-0.2, 0) is 19.8 Å². The minimum absolute atomic E-state index is 0.473. The predicted molar refractivity (Wildman–Crippen MR) is 45.7 cm³/mol. The number of hydrogen-bond acceptors (Lipinski definition) is 4. The van der Waals surface area contributed by atoms with Crippen LogP contribution in [0, 0.1) is 5.92 Å². The van der Waals surface area contributed by atoms with E-state index >= 15 is 0 Å². The van der Waals surface area contributed by atoms with E-state index < -0.39 is 39.9 Å². The molecule has 0 aliphatic rings. The van der Waals surface area contributed by atoms with Crippen LogP contribution in [0.1, 0.15) is 13.8 Å². The van der Waals surface area contributed by atoms with Crippen molar-refractivity contribution in [2.24, 2.45) is 5.92 Å². The molecule has 0 aromatic heterocycles. The summed E-state index contributed by atoms with van der Waals surface area (Å²) in [6, 6.07) is 0. The molecule has 0 unspecified atom stereocenters. The van der Waals surface area contributed by atoms with Crippen molar-refractivity contribution in [3.05, 3.63) is 0 Å². The number of esters is 1. The molecule has 102 valence electrons. The average molecular weight is 284 g/mol. The van der Waals surface area contributed by atoms with Crippen molar-refractivity contribution in [1.29, 1.82) is 0 Å². The molecule has 0 aromatic rings. The van der Waals surface area contributed by atoms with Crippen molar-refractivity contribution in [1.82, 2.24) is 0 Å². The van der Waals surface area contributed by atoms with Gasteiger partial charge in [-0.05, 0) is 5.92 Å². The van der Waals surface area contributed by atoms with Gasteiger partial charge in [0, 0.05) is 0 Å². The van der Waals surface area contributed by atoms with Crippen LogP contribution in [0.3, 0.4) is 0 Å². The number of carbonyl (C=O) groups excluding carboxylic acids is 1. The van der Waals surface area contributed by atoms with Gasteiger partial charge in [-0.25, -0.2) is 9.18 Å². The van der Waals surface area contributed by atoms with Crippen molar-refractivity contribution >= 4 is 16.2 Å². The standard InChI is InChI=1S/C7H9F5O4S/c1-4(2)3-16-5(13)6(8,7(9,10)11)17(12,14)15/h4H,3H2,1-2H3/t6-/m0/s1. The van der Waals surface area contributed by atoms with Gasteiger partial charge in [0.2, 0.25) is 0 Å². The van der Waals surface area contributed by atoms with Gasteiger partial charge in [0.1, 0.15) is 0 Å². The molecule has 0 aliphatic heterocycles. The second-order valence-electron chi connectivity index (χ2n) is 3.52. The Bertz CT molecular complexity index is 388. The molecular weight excluding hydrogens is 275 g/mol. The lowest BCUT2D eigenvalue weighted by Gasteiger charge is -2.22. The molecule has 0 aromatic carbocycles. The quantitative estimate of drug-likeness (QED) is 0.448. The summed E-state index contributed by atoms with van der Waals surface area (Å²) in [4.78, 5) is 10.7. The third kappa shape index (κ3) is 3.27. The van der Waals surface area contributed by atoms with Crippen molar-refractivity contribution in [2.45, 2.75) is 25.0 Å². The largest absolute Gasteiger partial charge is 0.462 e. The van der Waals surface area contributed by atoms with Gasteiger partial charge in [-0.1, -0.05) is 13.8 Å². The summed E-state index contributed by atoms with van der Waals surface area (Å²) in [6.45, 7) is 2.14. The van der Waals surface area contributed by atoms with Crippen molar-refractivity contribution < 1.29 is 39.4 Å². The molecule has 0 fully saturated rings. The lowest BCUT2D eigenvalue weighted by atomic mass is 10.2. The van der Waals surface area contributed by atoms with Crippen LogP contribution in [0.4, 0.5) is 21.4 Å². The number of halogens is 5. The van der Waals surface area contributed by atoms with E-state index in [0.717, 1.165) is 0 Å². The summed E-state index contributed by atoms with van der Waals surface area (Å²) in [6.07, 6.45) is -6.26. The highest BCUT2D eigenvalue weighted by Crippen LogP contribution is 2.40. The van der Waals surface area contributed by atoms with Gasteiger partial charge < -0.3 is 4.74 Å². The molecule has 0 aliphatic carbocycles. The Balaban J connectivity index is 5.32. The van der Waals surface area contributed by atoms with E-state index in [1.165, 1.54) is 13.8 Å². The molecule has 0 saturated heterocycles. The monoisotopic (exact) mass is 284 g/mol. The van der Waals surface area contributed by atoms with Crippen LogP contribution >= 0.6 is 0 Å². The normalized spacial score (nSPS) is 16.7. The average Bonchev–Trinajstić information content (AvgIpc) is 2.08. The van der Waals surface area contributed by atoms with Gasteiger partial charge in [0.15, 0.2) is 0 Å². The summed E-state index contributed by atoms with van der Waals surface area (Å²) in [5.74, 6) is -3.31. The Hall–Kier alpha value is -0.930. The molecule has 1 atom stereocenters. The zero-order chi connectivity index (χ0) is 14.1. The third-order valence-corrected chi connectivity index (χ3v) is 2.58. The molecule has 0 bridgehead atoms. The van der Waals surface area contributed by atoms with Gasteiger partial charge in [0.05, 0.1) is 6.61 Å². The molecule has 17 heavy (non-hydrogen) atoms. The van der Waals surface area contributed by atoms with Gasteiger partial charge >= 0.3 is 27.4 Å². The van der Waals surface area contributed by atoms with Gasteiger partial charge in [0.25, 0.3) is 0 Å². The fourth-order valence-electron chi connectivity index (χ4n) is 0.689. The summed E-state index contributed by atoms with van der Waals surface area (Å²) < 4.78 is 85.6. The first kappa shape index (κ1) is 16.1. The Morgan fingerprint density at radius 3 is 1.88 bits per heavy atom. The van der Waals surface area contributed by atoms with E-state index in [9.17, 15) is 34.7 Å². The Kier molecular flexibility index (Phi) is 4.49. The highest BCUT2D eigenvalue weighted by atomic mass is 32.3. The summed E-state index contributed by atoms with van der Waals surface area (Å²) >= 11 is 0.